The summed E-state index contributed by atoms with van der Waals surface area (Å²) in [5.41, 5.74) is -0.0423. The van der Waals surface area contributed by atoms with E-state index in [0.717, 1.165) is 12.1 Å². The van der Waals surface area contributed by atoms with Crippen molar-refractivity contribution in [1.82, 2.24) is 5.32 Å². The van der Waals surface area contributed by atoms with Crippen molar-refractivity contribution in [3.05, 3.63) is 29.6 Å². The fourth-order valence-corrected chi connectivity index (χ4v) is 1.65. The zero-order chi connectivity index (χ0) is 15.2. The molecule has 0 heterocycles. The molecule has 4 heteroatoms. The molecule has 0 saturated carbocycles. The zero-order valence-electron chi connectivity index (χ0n) is 12.9. The highest BCUT2D eigenvalue weighted by Gasteiger charge is 2.18. The molecule has 20 heavy (non-hydrogen) atoms. The summed E-state index contributed by atoms with van der Waals surface area (Å²) in [6.45, 7) is 9.49. The maximum Gasteiger partial charge on any atom is 0.127 e. The first-order chi connectivity index (χ1) is 9.32. The van der Waals surface area contributed by atoms with Gasteiger partial charge in [0, 0.05) is 12.6 Å². The van der Waals surface area contributed by atoms with E-state index in [1.165, 1.54) is 12.1 Å². The van der Waals surface area contributed by atoms with Gasteiger partial charge in [-0.25, -0.2) is 4.39 Å². The van der Waals surface area contributed by atoms with Crippen molar-refractivity contribution in [3.8, 4) is 5.75 Å². The first-order valence-electron chi connectivity index (χ1n) is 7.18. The normalized spacial score (nSPS) is 14.3. The minimum atomic E-state index is -0.887. The Balaban J connectivity index is 2.61. The highest BCUT2D eigenvalue weighted by atomic mass is 19.1. The van der Waals surface area contributed by atoms with Crippen LogP contribution in [0.4, 0.5) is 4.39 Å². The standard InChI is InChI=1S/C16H26FNO2/c1-5-16(4,19)11-20-15-7-13(6-14(17)8-15)10-18-9-12(2)3/h6-8,12,18-19H,5,9-11H2,1-4H3. The van der Waals surface area contributed by atoms with Crippen LogP contribution >= 0.6 is 0 Å². The molecule has 0 amide bonds. The van der Waals surface area contributed by atoms with Crippen molar-refractivity contribution in [3.63, 3.8) is 0 Å². The molecule has 0 aliphatic heterocycles. The van der Waals surface area contributed by atoms with Crippen LogP contribution in [-0.2, 0) is 6.54 Å². The highest BCUT2D eigenvalue weighted by Crippen LogP contribution is 2.19. The Hall–Kier alpha value is -1.13. The third-order valence-corrected chi connectivity index (χ3v) is 3.12. The number of hydrogen-bond donors (Lipinski definition) is 2. The summed E-state index contributed by atoms with van der Waals surface area (Å²) in [5, 5.41) is 13.2. The average Bonchev–Trinajstić information content (AvgIpc) is 2.36. The second kappa shape index (κ2) is 7.60. The molecule has 0 spiro atoms. The van der Waals surface area contributed by atoms with Crippen LogP contribution in [-0.4, -0.2) is 23.9 Å². The number of rotatable bonds is 8. The van der Waals surface area contributed by atoms with Crippen molar-refractivity contribution in [2.24, 2.45) is 5.92 Å². The lowest BCUT2D eigenvalue weighted by Crippen LogP contribution is -2.31. The lowest BCUT2D eigenvalue weighted by Gasteiger charge is -2.21. The summed E-state index contributed by atoms with van der Waals surface area (Å²) in [5.74, 6) is 0.694. The largest absolute Gasteiger partial charge is 0.490 e. The number of hydrogen-bond acceptors (Lipinski definition) is 3. The van der Waals surface area contributed by atoms with Gasteiger partial charge in [0.15, 0.2) is 0 Å². The predicted molar refractivity (Wildman–Crippen MR) is 79.4 cm³/mol. The first kappa shape index (κ1) is 16.9. The molecule has 3 nitrogen and oxygen atoms in total. The van der Waals surface area contributed by atoms with E-state index < -0.39 is 5.60 Å². The van der Waals surface area contributed by atoms with Gasteiger partial charge in [-0.15, -0.1) is 0 Å². The molecule has 1 rings (SSSR count). The van der Waals surface area contributed by atoms with E-state index in [0.29, 0.717) is 24.6 Å². The Morgan fingerprint density at radius 2 is 2.05 bits per heavy atom. The highest BCUT2D eigenvalue weighted by molar-refractivity contribution is 5.29. The van der Waals surface area contributed by atoms with Crippen molar-refractivity contribution < 1.29 is 14.2 Å². The molecule has 114 valence electrons. The molecule has 0 aromatic heterocycles. The van der Waals surface area contributed by atoms with Gasteiger partial charge in [-0.05, 0) is 43.5 Å². The van der Waals surface area contributed by atoms with E-state index >= 15 is 0 Å². The SMILES string of the molecule is CCC(C)(O)COc1cc(F)cc(CNCC(C)C)c1. The lowest BCUT2D eigenvalue weighted by molar-refractivity contribution is 0.00834. The van der Waals surface area contributed by atoms with Crippen LogP contribution in [0.5, 0.6) is 5.75 Å². The van der Waals surface area contributed by atoms with Gasteiger partial charge in [0.05, 0.1) is 5.60 Å². The molecule has 0 aliphatic rings. The fourth-order valence-electron chi connectivity index (χ4n) is 1.65. The quantitative estimate of drug-likeness (QED) is 0.770. The molecule has 2 N–H and O–H groups in total. The Morgan fingerprint density at radius 1 is 1.35 bits per heavy atom. The third kappa shape index (κ3) is 6.35. The summed E-state index contributed by atoms with van der Waals surface area (Å²) in [6.07, 6.45) is 0.588. The summed E-state index contributed by atoms with van der Waals surface area (Å²) in [4.78, 5) is 0. The fraction of sp³-hybridized carbons (Fsp3) is 0.625. The first-order valence-corrected chi connectivity index (χ1v) is 7.18. The molecule has 0 fully saturated rings. The van der Waals surface area contributed by atoms with Crippen LogP contribution in [0.3, 0.4) is 0 Å². The summed E-state index contributed by atoms with van der Waals surface area (Å²) in [6, 6.07) is 4.65. The maximum atomic E-state index is 13.5. The summed E-state index contributed by atoms with van der Waals surface area (Å²) in [7, 11) is 0. The minimum absolute atomic E-state index is 0.159. The van der Waals surface area contributed by atoms with Gasteiger partial charge in [-0.3, -0.25) is 0 Å². The topological polar surface area (TPSA) is 41.5 Å². The molecular formula is C16H26FNO2. The molecule has 0 saturated heterocycles. The molecule has 1 aromatic carbocycles. The number of ether oxygens (including phenoxy) is 1. The van der Waals surface area contributed by atoms with Gasteiger partial charge in [0.1, 0.15) is 18.2 Å². The van der Waals surface area contributed by atoms with E-state index in [1.54, 1.807) is 6.92 Å². The maximum absolute atomic E-state index is 13.5. The van der Waals surface area contributed by atoms with Crippen molar-refractivity contribution in [1.29, 1.82) is 0 Å². The number of halogens is 1. The van der Waals surface area contributed by atoms with Crippen LogP contribution in [0, 0.1) is 11.7 Å². The predicted octanol–water partition coefficient (Wildman–Crippen LogP) is 3.11. The van der Waals surface area contributed by atoms with Crippen molar-refractivity contribution in [2.75, 3.05) is 13.2 Å². The molecular weight excluding hydrogens is 257 g/mol. The number of aliphatic hydroxyl groups is 1. The summed E-state index contributed by atoms with van der Waals surface area (Å²) >= 11 is 0. The average molecular weight is 283 g/mol. The molecule has 1 atom stereocenters. The molecule has 0 radical (unpaired) electrons. The van der Waals surface area contributed by atoms with Crippen LogP contribution < -0.4 is 10.1 Å². The van der Waals surface area contributed by atoms with E-state index in [4.69, 9.17) is 4.74 Å². The smallest absolute Gasteiger partial charge is 0.127 e. The van der Waals surface area contributed by atoms with Crippen LogP contribution in [0.2, 0.25) is 0 Å². The second-order valence-corrected chi connectivity index (χ2v) is 5.96. The van der Waals surface area contributed by atoms with Gasteiger partial charge in [-0.1, -0.05) is 20.8 Å². The van der Waals surface area contributed by atoms with Crippen LogP contribution in [0.15, 0.2) is 18.2 Å². The number of benzene rings is 1. The van der Waals surface area contributed by atoms with Gasteiger partial charge in [0.25, 0.3) is 0 Å². The molecule has 1 aromatic rings. The van der Waals surface area contributed by atoms with Crippen molar-refractivity contribution >= 4 is 0 Å². The van der Waals surface area contributed by atoms with E-state index in [2.05, 4.69) is 19.2 Å². The van der Waals surface area contributed by atoms with Crippen molar-refractivity contribution in [2.45, 2.75) is 46.3 Å². The van der Waals surface area contributed by atoms with Crippen LogP contribution in [0.1, 0.15) is 39.7 Å². The monoisotopic (exact) mass is 283 g/mol. The third-order valence-electron chi connectivity index (χ3n) is 3.12. The van der Waals surface area contributed by atoms with Gasteiger partial charge in [0.2, 0.25) is 0 Å². The van der Waals surface area contributed by atoms with E-state index in [1.807, 2.05) is 13.0 Å². The molecule has 0 bridgehead atoms. The summed E-state index contributed by atoms with van der Waals surface area (Å²) < 4.78 is 19.0. The van der Waals surface area contributed by atoms with Crippen LogP contribution in [0.25, 0.3) is 0 Å². The van der Waals surface area contributed by atoms with Gasteiger partial charge >= 0.3 is 0 Å². The zero-order valence-corrected chi connectivity index (χ0v) is 12.9. The Labute approximate surface area is 121 Å². The Kier molecular flexibility index (Phi) is 6.43. The Morgan fingerprint density at radius 3 is 2.65 bits per heavy atom. The molecule has 1 unspecified atom stereocenters. The Bertz CT molecular complexity index is 419. The minimum Gasteiger partial charge on any atom is -0.490 e. The number of nitrogens with one attached hydrogen (secondary N) is 1. The van der Waals surface area contributed by atoms with Gasteiger partial charge in [-0.2, -0.15) is 0 Å². The lowest BCUT2D eigenvalue weighted by atomic mass is 10.1. The second-order valence-electron chi connectivity index (χ2n) is 5.96. The van der Waals surface area contributed by atoms with Gasteiger partial charge < -0.3 is 15.2 Å². The molecule has 0 aliphatic carbocycles. The van der Waals surface area contributed by atoms with E-state index in [9.17, 15) is 9.50 Å². The van der Waals surface area contributed by atoms with E-state index in [-0.39, 0.29) is 12.4 Å².